The van der Waals surface area contributed by atoms with Gasteiger partial charge < -0.3 is 20.0 Å². The lowest BCUT2D eigenvalue weighted by Crippen LogP contribution is -2.37. The normalized spacial score (nSPS) is 11.4. The van der Waals surface area contributed by atoms with Gasteiger partial charge in [0, 0.05) is 36.3 Å². The van der Waals surface area contributed by atoms with Crippen LogP contribution in [0.25, 0.3) is 22.4 Å². The van der Waals surface area contributed by atoms with E-state index in [1.54, 1.807) is 13.3 Å². The molecule has 0 unspecified atom stereocenters. The van der Waals surface area contributed by atoms with E-state index in [2.05, 4.69) is 75.1 Å². The predicted molar refractivity (Wildman–Crippen MR) is 137 cm³/mol. The van der Waals surface area contributed by atoms with Crippen LogP contribution >= 0.6 is 24.0 Å². The third kappa shape index (κ3) is 5.88. The van der Waals surface area contributed by atoms with Crippen LogP contribution in [0, 0.1) is 6.92 Å². The molecule has 0 bridgehead atoms. The van der Waals surface area contributed by atoms with Crippen molar-refractivity contribution < 1.29 is 4.42 Å². The number of halogens is 1. The van der Waals surface area contributed by atoms with Gasteiger partial charge in [0.15, 0.2) is 5.96 Å². The Hall–Kier alpha value is -2.81. The molecule has 0 aliphatic rings. The molecule has 3 N–H and O–H groups in total. The molecule has 162 valence electrons. The van der Waals surface area contributed by atoms with E-state index in [0.717, 1.165) is 36.6 Å². The molecule has 0 atom stereocenters. The predicted octanol–water partition coefficient (Wildman–Crippen LogP) is 5.05. The van der Waals surface area contributed by atoms with Crippen molar-refractivity contribution in [2.45, 2.75) is 26.3 Å². The number of aliphatic imine (C=N–C) groups is 1. The standard InChI is InChI=1S/C24H27N5O.HI/c1-17-9-11-18(12-10-17)23-29-20(16-30-23)15-28-24(25-2)26-13-5-6-19-14-27-22-8-4-3-7-21(19)22;/h3-4,7-12,14,16,27H,5-6,13,15H2,1-2H3,(H2,25,26,28);1H. The van der Waals surface area contributed by atoms with E-state index in [4.69, 9.17) is 4.42 Å². The van der Waals surface area contributed by atoms with Crippen LogP contribution < -0.4 is 10.6 Å². The SMILES string of the molecule is CN=C(NCCCc1c[nH]c2ccccc12)NCc1coc(-c2ccc(C)cc2)n1.I. The summed E-state index contributed by atoms with van der Waals surface area (Å²) in [6, 6.07) is 16.6. The van der Waals surface area contributed by atoms with Crippen molar-refractivity contribution in [2.24, 2.45) is 4.99 Å². The van der Waals surface area contributed by atoms with Gasteiger partial charge in [0.1, 0.15) is 6.26 Å². The van der Waals surface area contributed by atoms with Gasteiger partial charge in [-0.15, -0.1) is 24.0 Å². The van der Waals surface area contributed by atoms with Crippen LogP contribution in [0.3, 0.4) is 0 Å². The van der Waals surface area contributed by atoms with Crippen LogP contribution in [0.5, 0.6) is 0 Å². The highest BCUT2D eigenvalue weighted by molar-refractivity contribution is 14.0. The lowest BCUT2D eigenvalue weighted by atomic mass is 10.1. The average Bonchev–Trinajstić information content (AvgIpc) is 3.41. The van der Waals surface area contributed by atoms with Gasteiger partial charge >= 0.3 is 0 Å². The van der Waals surface area contributed by atoms with E-state index < -0.39 is 0 Å². The molecule has 6 nitrogen and oxygen atoms in total. The summed E-state index contributed by atoms with van der Waals surface area (Å²) >= 11 is 0. The molecule has 0 aliphatic heterocycles. The van der Waals surface area contributed by atoms with Crippen LogP contribution in [-0.4, -0.2) is 29.5 Å². The fraction of sp³-hybridized carbons (Fsp3) is 0.250. The lowest BCUT2D eigenvalue weighted by molar-refractivity contribution is 0.572. The molecule has 2 heterocycles. The van der Waals surface area contributed by atoms with Gasteiger partial charge in [-0.05, 0) is 43.5 Å². The second-order valence-electron chi connectivity index (χ2n) is 7.33. The first-order valence-corrected chi connectivity index (χ1v) is 10.2. The first-order chi connectivity index (χ1) is 14.7. The van der Waals surface area contributed by atoms with Crippen LogP contribution in [0.1, 0.15) is 23.2 Å². The molecule has 0 saturated heterocycles. The fourth-order valence-electron chi connectivity index (χ4n) is 3.44. The zero-order valence-electron chi connectivity index (χ0n) is 17.8. The van der Waals surface area contributed by atoms with E-state index in [1.165, 1.54) is 22.0 Å². The molecule has 0 aliphatic carbocycles. The molecular weight excluding hydrogens is 501 g/mol. The highest BCUT2D eigenvalue weighted by Gasteiger charge is 2.08. The molecule has 0 radical (unpaired) electrons. The van der Waals surface area contributed by atoms with Crippen molar-refractivity contribution in [1.29, 1.82) is 0 Å². The molecule has 0 amide bonds. The number of oxazole rings is 1. The van der Waals surface area contributed by atoms with E-state index in [9.17, 15) is 0 Å². The number of rotatable bonds is 7. The number of hydrogen-bond donors (Lipinski definition) is 3. The summed E-state index contributed by atoms with van der Waals surface area (Å²) in [5.41, 5.74) is 5.57. The smallest absolute Gasteiger partial charge is 0.226 e. The number of hydrogen-bond acceptors (Lipinski definition) is 3. The highest BCUT2D eigenvalue weighted by atomic mass is 127. The number of aromatic nitrogens is 2. The molecule has 0 fully saturated rings. The van der Waals surface area contributed by atoms with Gasteiger partial charge in [-0.1, -0.05) is 35.9 Å². The monoisotopic (exact) mass is 529 g/mol. The molecule has 4 rings (SSSR count). The molecule has 2 aromatic carbocycles. The maximum Gasteiger partial charge on any atom is 0.226 e. The van der Waals surface area contributed by atoms with Crippen molar-refractivity contribution in [2.75, 3.05) is 13.6 Å². The number of aryl methyl sites for hydroxylation is 2. The molecule has 0 saturated carbocycles. The molecule has 4 aromatic rings. The van der Waals surface area contributed by atoms with E-state index in [0.29, 0.717) is 12.4 Å². The number of aromatic amines is 1. The summed E-state index contributed by atoms with van der Waals surface area (Å²) in [4.78, 5) is 12.2. The van der Waals surface area contributed by atoms with Crippen LogP contribution in [-0.2, 0) is 13.0 Å². The molecular formula is C24H28IN5O. The van der Waals surface area contributed by atoms with Crippen LogP contribution in [0.2, 0.25) is 0 Å². The van der Waals surface area contributed by atoms with Crippen molar-refractivity contribution >= 4 is 40.8 Å². The number of fused-ring (bicyclic) bond motifs is 1. The largest absolute Gasteiger partial charge is 0.444 e. The van der Waals surface area contributed by atoms with Gasteiger partial charge in [-0.2, -0.15) is 0 Å². The summed E-state index contributed by atoms with van der Waals surface area (Å²) in [5.74, 6) is 1.39. The Balaban J connectivity index is 0.00000272. The number of benzene rings is 2. The lowest BCUT2D eigenvalue weighted by Gasteiger charge is -2.10. The topological polar surface area (TPSA) is 78.2 Å². The number of para-hydroxylation sites is 1. The third-order valence-electron chi connectivity index (χ3n) is 5.10. The molecule has 7 heteroatoms. The maximum atomic E-state index is 5.62. The molecule has 0 spiro atoms. The van der Waals surface area contributed by atoms with Crippen molar-refractivity contribution in [3.63, 3.8) is 0 Å². The highest BCUT2D eigenvalue weighted by Crippen LogP contribution is 2.19. The maximum absolute atomic E-state index is 5.62. The Kier molecular flexibility index (Phi) is 8.11. The average molecular weight is 529 g/mol. The Morgan fingerprint density at radius 2 is 1.90 bits per heavy atom. The Morgan fingerprint density at radius 3 is 2.71 bits per heavy atom. The number of nitrogens with one attached hydrogen (secondary N) is 3. The second-order valence-corrected chi connectivity index (χ2v) is 7.33. The van der Waals surface area contributed by atoms with Gasteiger partial charge in [-0.25, -0.2) is 4.98 Å². The molecule has 2 aromatic heterocycles. The van der Waals surface area contributed by atoms with Crippen molar-refractivity contribution in [3.05, 3.63) is 77.8 Å². The van der Waals surface area contributed by atoms with E-state index in [1.807, 2.05) is 12.1 Å². The number of nitrogens with zero attached hydrogens (tertiary/aromatic N) is 2. The van der Waals surface area contributed by atoms with E-state index >= 15 is 0 Å². The van der Waals surface area contributed by atoms with Crippen LogP contribution in [0.15, 0.2) is 70.4 Å². The zero-order valence-corrected chi connectivity index (χ0v) is 20.1. The van der Waals surface area contributed by atoms with Gasteiger partial charge in [0.05, 0.1) is 12.2 Å². The zero-order chi connectivity index (χ0) is 20.8. The van der Waals surface area contributed by atoms with Gasteiger partial charge in [0.2, 0.25) is 5.89 Å². The number of guanidine groups is 1. The Labute approximate surface area is 199 Å². The second kappa shape index (κ2) is 11.0. The summed E-state index contributed by atoms with van der Waals surface area (Å²) < 4.78 is 5.62. The summed E-state index contributed by atoms with van der Waals surface area (Å²) in [7, 11) is 1.77. The first-order valence-electron chi connectivity index (χ1n) is 10.2. The number of H-pyrrole nitrogens is 1. The van der Waals surface area contributed by atoms with Crippen molar-refractivity contribution in [3.8, 4) is 11.5 Å². The summed E-state index contributed by atoms with van der Waals surface area (Å²) in [5, 5.41) is 7.96. The minimum Gasteiger partial charge on any atom is -0.444 e. The summed E-state index contributed by atoms with van der Waals surface area (Å²) in [6.07, 6.45) is 5.82. The third-order valence-corrected chi connectivity index (χ3v) is 5.10. The molecule has 31 heavy (non-hydrogen) atoms. The van der Waals surface area contributed by atoms with E-state index in [-0.39, 0.29) is 24.0 Å². The quantitative estimate of drug-likeness (QED) is 0.136. The first kappa shape index (κ1) is 22.9. The van der Waals surface area contributed by atoms with Crippen molar-refractivity contribution in [1.82, 2.24) is 20.6 Å². The summed E-state index contributed by atoms with van der Waals surface area (Å²) in [6.45, 7) is 3.46. The van der Waals surface area contributed by atoms with Gasteiger partial charge in [-0.3, -0.25) is 4.99 Å². The fourth-order valence-corrected chi connectivity index (χ4v) is 3.44. The Morgan fingerprint density at radius 1 is 1.10 bits per heavy atom. The van der Waals surface area contributed by atoms with Crippen LogP contribution in [0.4, 0.5) is 0 Å². The minimum atomic E-state index is 0. The van der Waals surface area contributed by atoms with Gasteiger partial charge in [0.25, 0.3) is 0 Å². The Bertz CT molecular complexity index is 1130. The minimum absolute atomic E-state index is 0.